The second kappa shape index (κ2) is 6.16. The molecule has 1 aromatic rings. The van der Waals surface area contributed by atoms with Gasteiger partial charge in [-0.1, -0.05) is 28.9 Å². The van der Waals surface area contributed by atoms with Crippen LogP contribution in [-0.4, -0.2) is 11.7 Å². The molecule has 0 saturated carbocycles. The number of hydrogen-bond donors (Lipinski definition) is 1. The maximum atomic E-state index is 8.81. The predicted molar refractivity (Wildman–Crippen MR) is 64.1 cm³/mol. The summed E-state index contributed by atoms with van der Waals surface area (Å²) >= 11 is 0. The van der Waals surface area contributed by atoms with E-state index >= 15 is 0 Å². The van der Waals surface area contributed by atoms with Crippen molar-refractivity contribution in [2.24, 2.45) is 5.11 Å². The Kier molecular flexibility index (Phi) is 4.83. The molecule has 0 aliphatic carbocycles. The lowest BCUT2D eigenvalue weighted by atomic mass is 9.97. The van der Waals surface area contributed by atoms with Crippen molar-refractivity contribution in [3.8, 4) is 0 Å². The molecule has 1 rings (SSSR count). The summed E-state index contributed by atoms with van der Waals surface area (Å²) in [6.07, 6.45) is 1.33. The van der Waals surface area contributed by atoms with Crippen LogP contribution >= 0.6 is 0 Å². The molecule has 4 heteroatoms. The predicted octanol–water partition coefficient (Wildman–Crippen LogP) is 3.43. The summed E-state index contributed by atoms with van der Waals surface area (Å²) in [4.78, 5) is 2.87. The fourth-order valence-corrected chi connectivity index (χ4v) is 1.82. The minimum atomic E-state index is -0.169. The molecule has 1 unspecified atom stereocenters. The van der Waals surface area contributed by atoms with Crippen LogP contribution < -0.4 is 0 Å². The molecular weight excluding hydrogens is 202 g/mol. The van der Waals surface area contributed by atoms with Crippen molar-refractivity contribution >= 4 is 0 Å². The second-order valence-corrected chi connectivity index (χ2v) is 3.95. The monoisotopic (exact) mass is 219 g/mol. The fraction of sp³-hybridized carbons (Fsp3) is 0.500. The molecule has 1 N–H and O–H groups in total. The SMILES string of the molecule is Cc1ccc(C(CCCO)N=[N+]=[N-])c(C)c1. The first-order chi connectivity index (χ1) is 7.69. The quantitative estimate of drug-likeness (QED) is 0.460. The number of aryl methyl sites for hydroxylation is 2. The Hall–Kier alpha value is -1.51. The van der Waals surface area contributed by atoms with Crippen molar-refractivity contribution < 1.29 is 5.11 Å². The van der Waals surface area contributed by atoms with E-state index in [9.17, 15) is 0 Å². The van der Waals surface area contributed by atoms with Gasteiger partial charge in [0.15, 0.2) is 0 Å². The Bertz CT molecular complexity index is 397. The van der Waals surface area contributed by atoms with Gasteiger partial charge in [-0.2, -0.15) is 0 Å². The van der Waals surface area contributed by atoms with Crippen LogP contribution in [-0.2, 0) is 0 Å². The first-order valence-electron chi connectivity index (χ1n) is 5.41. The molecule has 0 fully saturated rings. The molecule has 0 aliphatic heterocycles. The number of nitrogens with zero attached hydrogens (tertiary/aromatic N) is 3. The molecule has 16 heavy (non-hydrogen) atoms. The van der Waals surface area contributed by atoms with Crippen LogP contribution in [0.15, 0.2) is 23.3 Å². The minimum absolute atomic E-state index is 0.127. The van der Waals surface area contributed by atoms with E-state index in [1.165, 1.54) is 5.56 Å². The zero-order valence-corrected chi connectivity index (χ0v) is 9.72. The van der Waals surface area contributed by atoms with Gasteiger partial charge in [0.05, 0.1) is 6.04 Å². The molecule has 0 aromatic heterocycles. The van der Waals surface area contributed by atoms with Gasteiger partial charge in [-0.25, -0.2) is 0 Å². The molecule has 0 aliphatic rings. The summed E-state index contributed by atoms with van der Waals surface area (Å²) in [6.45, 7) is 4.18. The molecule has 4 nitrogen and oxygen atoms in total. The maximum Gasteiger partial charge on any atom is 0.0628 e. The molecule has 1 aromatic carbocycles. The summed E-state index contributed by atoms with van der Waals surface area (Å²) in [7, 11) is 0. The first-order valence-corrected chi connectivity index (χ1v) is 5.41. The van der Waals surface area contributed by atoms with Crippen LogP contribution in [0.4, 0.5) is 0 Å². The van der Waals surface area contributed by atoms with Crippen molar-refractivity contribution in [2.45, 2.75) is 32.7 Å². The average molecular weight is 219 g/mol. The highest BCUT2D eigenvalue weighted by atomic mass is 16.2. The third-order valence-corrected chi connectivity index (χ3v) is 2.61. The highest BCUT2D eigenvalue weighted by molar-refractivity contribution is 5.32. The van der Waals surface area contributed by atoms with Crippen molar-refractivity contribution in [3.63, 3.8) is 0 Å². The van der Waals surface area contributed by atoms with E-state index in [1.54, 1.807) is 0 Å². The number of rotatable bonds is 5. The molecule has 1 atom stereocenters. The number of azide groups is 1. The van der Waals surface area contributed by atoms with Crippen LogP contribution in [0, 0.1) is 13.8 Å². The molecule has 0 radical (unpaired) electrons. The van der Waals surface area contributed by atoms with Gasteiger partial charge >= 0.3 is 0 Å². The smallest absolute Gasteiger partial charge is 0.0628 e. The number of benzene rings is 1. The van der Waals surface area contributed by atoms with Gasteiger partial charge in [0.2, 0.25) is 0 Å². The van der Waals surface area contributed by atoms with Crippen molar-refractivity contribution in [1.29, 1.82) is 0 Å². The Morgan fingerprint density at radius 2 is 2.19 bits per heavy atom. The number of hydrogen-bond acceptors (Lipinski definition) is 2. The van der Waals surface area contributed by atoms with E-state index in [0.717, 1.165) is 11.1 Å². The highest BCUT2D eigenvalue weighted by Gasteiger charge is 2.11. The van der Waals surface area contributed by atoms with Crippen molar-refractivity contribution in [1.82, 2.24) is 0 Å². The summed E-state index contributed by atoms with van der Waals surface area (Å²) in [6, 6.07) is 5.93. The lowest BCUT2D eigenvalue weighted by Crippen LogP contribution is -1.99. The van der Waals surface area contributed by atoms with Crippen LogP contribution in [0.5, 0.6) is 0 Å². The van der Waals surface area contributed by atoms with Gasteiger partial charge < -0.3 is 5.11 Å². The Morgan fingerprint density at radius 3 is 2.75 bits per heavy atom. The van der Waals surface area contributed by atoms with Crippen LogP contribution in [0.3, 0.4) is 0 Å². The van der Waals surface area contributed by atoms with Crippen LogP contribution in [0.1, 0.15) is 35.6 Å². The van der Waals surface area contributed by atoms with Gasteiger partial charge in [-0.05, 0) is 43.3 Å². The largest absolute Gasteiger partial charge is 0.396 e. The van der Waals surface area contributed by atoms with Gasteiger partial charge in [-0.15, -0.1) is 0 Å². The fourth-order valence-electron chi connectivity index (χ4n) is 1.82. The van der Waals surface area contributed by atoms with E-state index in [-0.39, 0.29) is 12.6 Å². The lowest BCUT2D eigenvalue weighted by Gasteiger charge is -2.14. The van der Waals surface area contributed by atoms with E-state index in [4.69, 9.17) is 10.6 Å². The van der Waals surface area contributed by atoms with Gasteiger partial charge in [0.25, 0.3) is 0 Å². The van der Waals surface area contributed by atoms with E-state index in [1.807, 2.05) is 26.0 Å². The van der Waals surface area contributed by atoms with E-state index < -0.39 is 0 Å². The molecule has 0 saturated heterocycles. The third-order valence-electron chi connectivity index (χ3n) is 2.61. The van der Waals surface area contributed by atoms with E-state index in [2.05, 4.69) is 16.1 Å². The zero-order valence-electron chi connectivity index (χ0n) is 9.72. The van der Waals surface area contributed by atoms with Crippen molar-refractivity contribution in [3.05, 3.63) is 45.3 Å². The standard InChI is InChI=1S/C12H17N3O/c1-9-5-6-11(10(2)8-9)12(14-15-13)4-3-7-16/h5-6,8,12,16H,3-4,7H2,1-2H3. The first kappa shape index (κ1) is 12.6. The van der Waals surface area contributed by atoms with Crippen molar-refractivity contribution in [2.75, 3.05) is 6.61 Å². The molecule has 0 spiro atoms. The summed E-state index contributed by atoms with van der Waals surface area (Å²) in [5.74, 6) is 0. The highest BCUT2D eigenvalue weighted by Crippen LogP contribution is 2.26. The lowest BCUT2D eigenvalue weighted by molar-refractivity contribution is 0.280. The molecule has 0 amide bonds. The maximum absolute atomic E-state index is 8.81. The van der Waals surface area contributed by atoms with Crippen LogP contribution in [0.25, 0.3) is 10.4 Å². The Labute approximate surface area is 95.5 Å². The summed E-state index contributed by atoms with van der Waals surface area (Å²) < 4.78 is 0. The summed E-state index contributed by atoms with van der Waals surface area (Å²) in [5, 5.41) is 12.6. The molecule has 0 heterocycles. The van der Waals surface area contributed by atoms with Gasteiger partial charge in [0, 0.05) is 11.5 Å². The van der Waals surface area contributed by atoms with Gasteiger partial charge in [-0.3, -0.25) is 0 Å². The van der Waals surface area contributed by atoms with Gasteiger partial charge in [0.1, 0.15) is 0 Å². The topological polar surface area (TPSA) is 69.0 Å². The summed E-state index contributed by atoms with van der Waals surface area (Å²) in [5.41, 5.74) is 11.9. The number of aliphatic hydroxyl groups is 1. The Balaban J connectivity index is 2.96. The zero-order chi connectivity index (χ0) is 12.0. The van der Waals surface area contributed by atoms with E-state index in [0.29, 0.717) is 12.8 Å². The second-order valence-electron chi connectivity index (χ2n) is 3.95. The third kappa shape index (κ3) is 3.26. The normalized spacial score (nSPS) is 11.9. The average Bonchev–Trinajstić information content (AvgIpc) is 2.25. The minimum Gasteiger partial charge on any atom is -0.396 e. The molecule has 0 bridgehead atoms. The number of aliphatic hydroxyl groups excluding tert-OH is 1. The van der Waals surface area contributed by atoms with Crippen LogP contribution in [0.2, 0.25) is 0 Å². The molecule has 86 valence electrons. The molecular formula is C12H17N3O. The Morgan fingerprint density at radius 1 is 1.44 bits per heavy atom.